The van der Waals surface area contributed by atoms with Gasteiger partial charge in [-0.2, -0.15) is 0 Å². The Morgan fingerprint density at radius 2 is 2.22 bits per heavy atom. The number of carbonyl (C=O) groups is 1. The minimum absolute atomic E-state index is 0.0463. The van der Waals surface area contributed by atoms with E-state index in [4.69, 9.17) is 0 Å². The number of hydrogen-bond acceptors (Lipinski definition) is 1. The SMILES string of the molecule is CCC(CCF)C(C)=O. The lowest BCUT2D eigenvalue weighted by Gasteiger charge is -2.06. The van der Waals surface area contributed by atoms with Crippen LogP contribution in [0.3, 0.4) is 0 Å². The van der Waals surface area contributed by atoms with E-state index in [9.17, 15) is 9.18 Å². The van der Waals surface area contributed by atoms with Crippen molar-refractivity contribution in [3.63, 3.8) is 0 Å². The van der Waals surface area contributed by atoms with Gasteiger partial charge in [0.2, 0.25) is 0 Å². The van der Waals surface area contributed by atoms with Crippen molar-refractivity contribution in [1.29, 1.82) is 0 Å². The molecule has 0 radical (unpaired) electrons. The molecule has 0 N–H and O–H groups in total. The first-order chi connectivity index (χ1) is 4.22. The second kappa shape index (κ2) is 4.48. The Morgan fingerprint density at radius 1 is 1.67 bits per heavy atom. The maximum atomic E-state index is 11.6. The van der Waals surface area contributed by atoms with Crippen molar-refractivity contribution in [2.75, 3.05) is 6.67 Å². The number of hydrogen-bond donors (Lipinski definition) is 0. The molecule has 0 bridgehead atoms. The Hall–Kier alpha value is -0.400. The molecule has 0 aliphatic heterocycles. The van der Waals surface area contributed by atoms with Gasteiger partial charge in [-0.05, 0) is 19.8 Å². The van der Waals surface area contributed by atoms with Gasteiger partial charge < -0.3 is 0 Å². The molecular weight excluding hydrogens is 119 g/mol. The molecule has 0 rings (SSSR count). The summed E-state index contributed by atoms with van der Waals surface area (Å²) in [5.41, 5.74) is 0. The smallest absolute Gasteiger partial charge is 0.132 e. The van der Waals surface area contributed by atoms with Crippen LogP contribution in [0, 0.1) is 5.92 Å². The summed E-state index contributed by atoms with van der Waals surface area (Å²) in [6, 6.07) is 0. The molecule has 0 aromatic heterocycles. The summed E-state index contributed by atoms with van der Waals surface area (Å²) in [4.78, 5) is 10.6. The molecule has 0 saturated heterocycles. The molecule has 0 amide bonds. The van der Waals surface area contributed by atoms with Crippen LogP contribution in [0.4, 0.5) is 4.39 Å². The van der Waals surface area contributed by atoms with Crippen molar-refractivity contribution in [2.45, 2.75) is 26.7 Å². The van der Waals surface area contributed by atoms with Crippen LogP contribution in [0.25, 0.3) is 0 Å². The molecule has 9 heavy (non-hydrogen) atoms. The van der Waals surface area contributed by atoms with Crippen LogP contribution < -0.4 is 0 Å². The van der Waals surface area contributed by atoms with Gasteiger partial charge in [0.25, 0.3) is 0 Å². The van der Waals surface area contributed by atoms with Gasteiger partial charge in [0.1, 0.15) is 5.78 Å². The Labute approximate surface area is 55.3 Å². The summed E-state index contributed by atoms with van der Waals surface area (Å²) >= 11 is 0. The van der Waals surface area contributed by atoms with E-state index in [-0.39, 0.29) is 18.4 Å². The normalized spacial score (nSPS) is 13.2. The fraction of sp³-hybridized carbons (Fsp3) is 0.857. The summed E-state index contributed by atoms with van der Waals surface area (Å²) in [5.74, 6) is 0.0603. The number of rotatable bonds is 4. The molecule has 0 fully saturated rings. The lowest BCUT2D eigenvalue weighted by molar-refractivity contribution is -0.121. The maximum absolute atomic E-state index is 11.6. The number of alkyl halides is 1. The zero-order valence-electron chi connectivity index (χ0n) is 5.98. The van der Waals surface area contributed by atoms with Gasteiger partial charge in [0.05, 0.1) is 6.67 Å². The van der Waals surface area contributed by atoms with Crippen LogP contribution in [0.5, 0.6) is 0 Å². The maximum Gasteiger partial charge on any atom is 0.132 e. The van der Waals surface area contributed by atoms with Crippen LogP contribution >= 0.6 is 0 Å². The minimum atomic E-state index is -0.377. The largest absolute Gasteiger partial charge is 0.300 e. The summed E-state index contributed by atoms with van der Waals surface area (Å²) in [5, 5.41) is 0. The highest BCUT2D eigenvalue weighted by atomic mass is 19.1. The molecule has 54 valence electrons. The molecule has 1 atom stereocenters. The molecular formula is C7H13FO. The van der Waals surface area contributed by atoms with E-state index in [2.05, 4.69) is 0 Å². The quantitative estimate of drug-likeness (QED) is 0.571. The van der Waals surface area contributed by atoms with Gasteiger partial charge in [-0.3, -0.25) is 9.18 Å². The van der Waals surface area contributed by atoms with Gasteiger partial charge >= 0.3 is 0 Å². The van der Waals surface area contributed by atoms with E-state index >= 15 is 0 Å². The zero-order chi connectivity index (χ0) is 7.28. The van der Waals surface area contributed by atoms with Crippen LogP contribution in [-0.4, -0.2) is 12.5 Å². The van der Waals surface area contributed by atoms with Gasteiger partial charge in [-0.15, -0.1) is 0 Å². The average Bonchev–Trinajstić information content (AvgIpc) is 1.82. The zero-order valence-corrected chi connectivity index (χ0v) is 5.98. The molecule has 0 saturated carbocycles. The fourth-order valence-electron chi connectivity index (χ4n) is 0.827. The summed E-state index contributed by atoms with van der Waals surface area (Å²) in [6.07, 6.45) is 1.16. The van der Waals surface area contributed by atoms with Gasteiger partial charge in [-0.1, -0.05) is 6.92 Å². The molecule has 1 nitrogen and oxygen atoms in total. The highest BCUT2D eigenvalue weighted by molar-refractivity contribution is 5.78. The van der Waals surface area contributed by atoms with E-state index < -0.39 is 0 Å². The molecule has 0 aliphatic rings. The lowest BCUT2D eigenvalue weighted by Crippen LogP contribution is -2.09. The molecule has 1 unspecified atom stereocenters. The number of carbonyl (C=O) groups excluding carboxylic acids is 1. The molecule has 0 spiro atoms. The molecule has 2 heteroatoms. The highest BCUT2D eigenvalue weighted by Gasteiger charge is 2.09. The molecule has 0 heterocycles. The summed E-state index contributed by atoms with van der Waals surface area (Å²) in [6.45, 7) is 3.05. The number of Topliss-reactive ketones (excluding diaryl/α,β-unsaturated/α-hetero) is 1. The molecule has 0 aromatic rings. The van der Waals surface area contributed by atoms with Gasteiger partial charge in [0.15, 0.2) is 0 Å². The van der Waals surface area contributed by atoms with E-state index in [1.54, 1.807) is 0 Å². The minimum Gasteiger partial charge on any atom is -0.300 e. The first-order valence-electron chi connectivity index (χ1n) is 3.28. The monoisotopic (exact) mass is 132 g/mol. The van der Waals surface area contributed by atoms with Crippen molar-refractivity contribution < 1.29 is 9.18 Å². The summed E-state index contributed by atoms with van der Waals surface area (Å²) < 4.78 is 11.6. The third-order valence-corrected chi connectivity index (χ3v) is 1.53. The Balaban J connectivity index is 3.54. The van der Waals surface area contributed by atoms with Crippen molar-refractivity contribution in [3.8, 4) is 0 Å². The van der Waals surface area contributed by atoms with E-state index in [1.807, 2.05) is 6.92 Å². The standard InChI is InChI=1S/C7H13FO/c1-3-7(4-5-8)6(2)9/h7H,3-5H2,1-2H3. The van der Waals surface area contributed by atoms with E-state index in [0.29, 0.717) is 6.42 Å². The van der Waals surface area contributed by atoms with Crippen molar-refractivity contribution in [2.24, 2.45) is 5.92 Å². The van der Waals surface area contributed by atoms with Crippen LogP contribution in [0.2, 0.25) is 0 Å². The van der Waals surface area contributed by atoms with Crippen molar-refractivity contribution in [3.05, 3.63) is 0 Å². The predicted molar refractivity (Wildman–Crippen MR) is 35.1 cm³/mol. The van der Waals surface area contributed by atoms with Gasteiger partial charge in [0, 0.05) is 5.92 Å². The first kappa shape index (κ1) is 8.60. The lowest BCUT2D eigenvalue weighted by atomic mass is 9.99. The second-order valence-electron chi connectivity index (χ2n) is 2.19. The van der Waals surface area contributed by atoms with Crippen LogP contribution in [0.15, 0.2) is 0 Å². The highest BCUT2D eigenvalue weighted by Crippen LogP contribution is 2.08. The Morgan fingerprint density at radius 3 is 2.33 bits per heavy atom. The molecule has 0 aromatic carbocycles. The Bertz CT molecular complexity index is 90.9. The topological polar surface area (TPSA) is 17.1 Å². The first-order valence-corrected chi connectivity index (χ1v) is 3.28. The summed E-state index contributed by atoms with van der Waals surface area (Å²) in [7, 11) is 0. The fourth-order valence-corrected chi connectivity index (χ4v) is 0.827. The van der Waals surface area contributed by atoms with E-state index in [1.165, 1.54) is 6.92 Å². The van der Waals surface area contributed by atoms with Crippen molar-refractivity contribution in [1.82, 2.24) is 0 Å². The number of halogens is 1. The third-order valence-electron chi connectivity index (χ3n) is 1.53. The number of ketones is 1. The van der Waals surface area contributed by atoms with Crippen molar-refractivity contribution >= 4 is 5.78 Å². The Kier molecular flexibility index (Phi) is 4.28. The predicted octanol–water partition coefficient (Wildman–Crippen LogP) is 1.96. The van der Waals surface area contributed by atoms with Gasteiger partial charge in [-0.25, -0.2) is 0 Å². The average molecular weight is 132 g/mol. The van der Waals surface area contributed by atoms with Crippen LogP contribution in [-0.2, 0) is 4.79 Å². The van der Waals surface area contributed by atoms with E-state index in [0.717, 1.165) is 6.42 Å². The second-order valence-corrected chi connectivity index (χ2v) is 2.19. The van der Waals surface area contributed by atoms with Crippen LogP contribution in [0.1, 0.15) is 26.7 Å². The third kappa shape index (κ3) is 3.22. The molecule has 0 aliphatic carbocycles.